The van der Waals surface area contributed by atoms with Crippen LogP contribution in [0.5, 0.6) is 0 Å². The lowest BCUT2D eigenvalue weighted by Gasteiger charge is -2.26. The van der Waals surface area contributed by atoms with Crippen molar-refractivity contribution in [3.8, 4) is 0 Å². The average molecular weight is 232 g/mol. The molecule has 0 bridgehead atoms. The maximum atomic E-state index is 5.83. The van der Waals surface area contributed by atoms with Crippen molar-refractivity contribution in [2.45, 2.75) is 25.9 Å². The highest BCUT2D eigenvalue weighted by Gasteiger charge is 2.23. The molecular weight excluding hydrogens is 212 g/mol. The third-order valence-electron chi connectivity index (χ3n) is 3.88. The first-order chi connectivity index (χ1) is 8.31. The zero-order chi connectivity index (χ0) is 11.7. The molecule has 1 aromatic rings. The van der Waals surface area contributed by atoms with Gasteiger partial charge in [0.1, 0.15) is 0 Å². The fourth-order valence-corrected chi connectivity index (χ4v) is 2.91. The van der Waals surface area contributed by atoms with Gasteiger partial charge in [-0.1, -0.05) is 6.07 Å². The first-order valence-electron chi connectivity index (χ1n) is 6.48. The summed E-state index contributed by atoms with van der Waals surface area (Å²) in [5.41, 5.74) is 9.58. The van der Waals surface area contributed by atoms with Crippen LogP contribution in [-0.4, -0.2) is 24.7 Å². The lowest BCUT2D eigenvalue weighted by molar-refractivity contribution is 0.0521. The van der Waals surface area contributed by atoms with Crippen LogP contribution in [0.1, 0.15) is 24.0 Å². The fraction of sp³-hybridized carbons (Fsp3) is 0.571. The molecule has 0 saturated carbocycles. The molecule has 2 heterocycles. The second-order valence-corrected chi connectivity index (χ2v) is 5.25. The summed E-state index contributed by atoms with van der Waals surface area (Å²) in [6, 6.07) is 6.31. The van der Waals surface area contributed by atoms with Gasteiger partial charge in [-0.05, 0) is 42.0 Å². The number of anilines is 1. The second-order valence-electron chi connectivity index (χ2n) is 5.25. The highest BCUT2D eigenvalue weighted by atomic mass is 16.5. The van der Waals surface area contributed by atoms with Gasteiger partial charge in [0.15, 0.2) is 0 Å². The Morgan fingerprint density at radius 2 is 1.94 bits per heavy atom. The summed E-state index contributed by atoms with van der Waals surface area (Å²) in [5, 5.41) is 0. The van der Waals surface area contributed by atoms with Crippen LogP contribution in [0.15, 0.2) is 18.2 Å². The highest BCUT2D eigenvalue weighted by Crippen LogP contribution is 2.27. The minimum absolute atomic E-state index is 0.815. The van der Waals surface area contributed by atoms with Crippen molar-refractivity contribution in [3.63, 3.8) is 0 Å². The van der Waals surface area contributed by atoms with Crippen LogP contribution in [-0.2, 0) is 17.8 Å². The molecule has 17 heavy (non-hydrogen) atoms. The monoisotopic (exact) mass is 232 g/mol. The Bertz CT molecular complexity index is 399. The summed E-state index contributed by atoms with van der Waals surface area (Å²) >= 11 is 0. The molecule has 1 aromatic carbocycles. The summed E-state index contributed by atoms with van der Waals surface area (Å²) in [6.45, 7) is 5.25. The molecule has 0 atom stereocenters. The third-order valence-corrected chi connectivity index (χ3v) is 3.88. The molecule has 2 N–H and O–H groups in total. The molecule has 0 unspecified atom stereocenters. The van der Waals surface area contributed by atoms with Crippen LogP contribution in [0, 0.1) is 5.92 Å². The van der Waals surface area contributed by atoms with E-state index in [1.807, 2.05) is 6.07 Å². The Morgan fingerprint density at radius 3 is 2.76 bits per heavy atom. The summed E-state index contributed by atoms with van der Waals surface area (Å²) < 4.78 is 5.41. The summed E-state index contributed by atoms with van der Waals surface area (Å²) in [6.07, 6.45) is 2.43. The van der Waals surface area contributed by atoms with Crippen molar-refractivity contribution in [3.05, 3.63) is 29.3 Å². The van der Waals surface area contributed by atoms with Crippen LogP contribution in [0.25, 0.3) is 0 Å². The van der Waals surface area contributed by atoms with Gasteiger partial charge in [0, 0.05) is 38.5 Å². The quantitative estimate of drug-likeness (QED) is 0.793. The lowest BCUT2D eigenvalue weighted by atomic mass is 10.00. The highest BCUT2D eigenvalue weighted by molar-refractivity contribution is 5.46. The van der Waals surface area contributed by atoms with Crippen molar-refractivity contribution in [1.82, 2.24) is 4.90 Å². The molecule has 1 fully saturated rings. The summed E-state index contributed by atoms with van der Waals surface area (Å²) in [5.74, 6) is 0.815. The Morgan fingerprint density at radius 1 is 1.18 bits per heavy atom. The van der Waals surface area contributed by atoms with E-state index in [0.717, 1.165) is 37.9 Å². The number of hydrogen-bond acceptors (Lipinski definition) is 3. The Kier molecular flexibility index (Phi) is 3.04. The predicted octanol–water partition coefficient (Wildman–Crippen LogP) is 2.01. The minimum Gasteiger partial charge on any atom is -0.399 e. The van der Waals surface area contributed by atoms with E-state index in [0.29, 0.717) is 0 Å². The standard InChI is InChI=1S/C14H20N2O/c15-14-2-1-12-9-16(10-13(12)7-14)8-11-3-5-17-6-4-11/h1-2,7,11H,3-6,8-10,15H2. The zero-order valence-corrected chi connectivity index (χ0v) is 10.2. The number of ether oxygens (including phenoxy) is 1. The third kappa shape index (κ3) is 2.45. The number of nitrogens with two attached hydrogens (primary N) is 1. The maximum absolute atomic E-state index is 5.83. The fourth-order valence-electron chi connectivity index (χ4n) is 2.91. The Labute approximate surface area is 103 Å². The topological polar surface area (TPSA) is 38.5 Å². The molecule has 0 amide bonds. The van der Waals surface area contributed by atoms with Crippen LogP contribution in [0.3, 0.4) is 0 Å². The van der Waals surface area contributed by atoms with Crippen LogP contribution in [0.4, 0.5) is 5.69 Å². The smallest absolute Gasteiger partial charge is 0.0469 e. The Balaban J connectivity index is 1.61. The van der Waals surface area contributed by atoms with E-state index in [1.54, 1.807) is 0 Å². The maximum Gasteiger partial charge on any atom is 0.0469 e. The molecule has 2 aliphatic heterocycles. The molecule has 0 spiro atoms. The minimum atomic E-state index is 0.815. The van der Waals surface area contributed by atoms with Crippen molar-refractivity contribution in [2.75, 3.05) is 25.5 Å². The summed E-state index contributed by atoms with van der Waals surface area (Å²) in [4.78, 5) is 2.54. The van der Waals surface area contributed by atoms with E-state index in [2.05, 4.69) is 17.0 Å². The van der Waals surface area contributed by atoms with Crippen LogP contribution >= 0.6 is 0 Å². The molecule has 3 heteroatoms. The number of hydrogen-bond donors (Lipinski definition) is 1. The molecule has 3 nitrogen and oxygen atoms in total. The second kappa shape index (κ2) is 4.67. The van der Waals surface area contributed by atoms with Crippen molar-refractivity contribution >= 4 is 5.69 Å². The molecule has 0 radical (unpaired) electrons. The van der Waals surface area contributed by atoms with E-state index in [4.69, 9.17) is 10.5 Å². The van der Waals surface area contributed by atoms with Crippen LogP contribution in [0.2, 0.25) is 0 Å². The number of nitrogens with zero attached hydrogens (tertiary/aromatic N) is 1. The molecule has 2 aliphatic rings. The van der Waals surface area contributed by atoms with E-state index >= 15 is 0 Å². The van der Waals surface area contributed by atoms with Gasteiger partial charge in [-0.2, -0.15) is 0 Å². The van der Waals surface area contributed by atoms with Gasteiger partial charge in [0.05, 0.1) is 0 Å². The average Bonchev–Trinajstić information content (AvgIpc) is 2.71. The molecule has 1 saturated heterocycles. The van der Waals surface area contributed by atoms with Gasteiger partial charge in [0.25, 0.3) is 0 Å². The SMILES string of the molecule is Nc1ccc2c(c1)CN(CC1CCOCC1)C2. The van der Waals surface area contributed by atoms with Crippen molar-refractivity contribution in [2.24, 2.45) is 5.92 Å². The van der Waals surface area contributed by atoms with Crippen molar-refractivity contribution < 1.29 is 4.74 Å². The van der Waals surface area contributed by atoms with Crippen LogP contribution < -0.4 is 5.73 Å². The number of fused-ring (bicyclic) bond motifs is 1. The van der Waals surface area contributed by atoms with Gasteiger partial charge in [-0.25, -0.2) is 0 Å². The molecular formula is C14H20N2O. The first-order valence-corrected chi connectivity index (χ1v) is 6.48. The predicted molar refractivity (Wildman–Crippen MR) is 68.5 cm³/mol. The van der Waals surface area contributed by atoms with Gasteiger partial charge >= 0.3 is 0 Å². The van der Waals surface area contributed by atoms with E-state index in [1.165, 1.54) is 30.5 Å². The van der Waals surface area contributed by atoms with E-state index < -0.39 is 0 Å². The summed E-state index contributed by atoms with van der Waals surface area (Å²) in [7, 11) is 0. The van der Waals surface area contributed by atoms with Gasteiger partial charge < -0.3 is 10.5 Å². The van der Waals surface area contributed by atoms with E-state index in [9.17, 15) is 0 Å². The Hall–Kier alpha value is -1.06. The van der Waals surface area contributed by atoms with E-state index in [-0.39, 0.29) is 0 Å². The molecule has 0 aliphatic carbocycles. The van der Waals surface area contributed by atoms with Gasteiger partial charge in [0.2, 0.25) is 0 Å². The number of nitrogen functional groups attached to an aromatic ring is 1. The largest absolute Gasteiger partial charge is 0.399 e. The number of benzene rings is 1. The number of rotatable bonds is 2. The van der Waals surface area contributed by atoms with Gasteiger partial charge in [-0.15, -0.1) is 0 Å². The molecule has 0 aromatic heterocycles. The lowest BCUT2D eigenvalue weighted by Crippen LogP contribution is -2.28. The van der Waals surface area contributed by atoms with Crippen molar-refractivity contribution in [1.29, 1.82) is 0 Å². The first kappa shape index (κ1) is 11.1. The molecule has 92 valence electrons. The zero-order valence-electron chi connectivity index (χ0n) is 10.2. The molecule has 3 rings (SSSR count). The normalized spacial score (nSPS) is 21.6. The van der Waals surface area contributed by atoms with Gasteiger partial charge in [-0.3, -0.25) is 4.90 Å².